The second-order valence-corrected chi connectivity index (χ2v) is 10.9. The summed E-state index contributed by atoms with van der Waals surface area (Å²) in [6, 6.07) is 29.3. The molecule has 5 nitrogen and oxygen atoms in total. The Balaban J connectivity index is 1.48. The third kappa shape index (κ3) is 3.16. The molecule has 0 N–H and O–H groups in total. The van der Waals surface area contributed by atoms with Gasteiger partial charge in [-0.25, -0.2) is 4.98 Å². The van der Waals surface area contributed by atoms with Crippen LogP contribution in [0.2, 0.25) is 0 Å². The Kier molecular flexibility index (Phi) is 4.63. The van der Waals surface area contributed by atoms with Gasteiger partial charge in [-0.05, 0) is 18.1 Å². The first-order chi connectivity index (χ1) is 19.1. The van der Waals surface area contributed by atoms with Crippen LogP contribution < -0.4 is 0 Å². The van der Waals surface area contributed by atoms with Crippen LogP contribution in [0.25, 0.3) is 50.5 Å². The average molecular weight is 506 g/mol. The van der Waals surface area contributed by atoms with Crippen LogP contribution in [-0.2, 0) is 5.41 Å². The Morgan fingerprint density at radius 2 is 1.38 bits per heavy atom. The van der Waals surface area contributed by atoms with Gasteiger partial charge in [-0.2, -0.15) is 9.97 Å². The zero-order valence-corrected chi connectivity index (χ0v) is 21.9. The van der Waals surface area contributed by atoms with Crippen molar-refractivity contribution in [3.63, 3.8) is 0 Å². The van der Waals surface area contributed by atoms with E-state index in [4.69, 9.17) is 15.0 Å². The predicted octanol–water partition coefficient (Wildman–Crippen LogP) is 7.82. The first-order valence-electron chi connectivity index (χ1n) is 13.5. The summed E-state index contributed by atoms with van der Waals surface area (Å²) in [5.41, 5.74) is 6.88. The van der Waals surface area contributed by atoms with E-state index in [0.717, 1.165) is 23.1 Å². The maximum Gasteiger partial charge on any atom is 0.238 e. The maximum absolute atomic E-state index is 5.12. The van der Waals surface area contributed by atoms with Crippen molar-refractivity contribution in [1.29, 1.82) is 0 Å². The minimum absolute atomic E-state index is 0.124. The zero-order chi connectivity index (χ0) is 26.1. The van der Waals surface area contributed by atoms with Crippen molar-refractivity contribution in [3.8, 4) is 28.7 Å². The first-order valence-corrected chi connectivity index (χ1v) is 13.5. The van der Waals surface area contributed by atoms with Crippen LogP contribution in [0, 0.1) is 0 Å². The summed E-state index contributed by atoms with van der Waals surface area (Å²) in [5, 5.41) is 2.45. The number of nitrogens with zero attached hydrogens (tertiary/aromatic N) is 5. The van der Waals surface area contributed by atoms with Crippen LogP contribution in [0.5, 0.6) is 0 Å². The van der Waals surface area contributed by atoms with Gasteiger partial charge < -0.3 is 4.57 Å². The molecule has 3 aromatic carbocycles. The molecule has 8 rings (SSSR count). The van der Waals surface area contributed by atoms with Gasteiger partial charge in [0.25, 0.3) is 0 Å². The molecule has 0 saturated carbocycles. The molecule has 0 radical (unpaired) electrons. The molecule has 0 bridgehead atoms. The highest BCUT2D eigenvalue weighted by Crippen LogP contribution is 2.53. The van der Waals surface area contributed by atoms with Crippen molar-refractivity contribution in [2.45, 2.75) is 31.7 Å². The van der Waals surface area contributed by atoms with Gasteiger partial charge in [0.05, 0.1) is 22.8 Å². The van der Waals surface area contributed by atoms with Gasteiger partial charge in [0.1, 0.15) is 0 Å². The molecular weight excluding hydrogens is 478 g/mol. The Morgan fingerprint density at radius 1 is 0.744 bits per heavy atom. The van der Waals surface area contributed by atoms with E-state index in [-0.39, 0.29) is 5.41 Å². The standard InChI is InChI=1S/C34H27N5/c1-34(2)26-18-10-12-20-28(26)38-21-25-24-17-9-11-19-27(24)39(29(25)30(34)38)33-36-31(22-13-5-3-6-14-22)35-32(37-33)23-15-7-4-8-16-23/h3-19,21,28H,20H2,1-2H3. The summed E-state index contributed by atoms with van der Waals surface area (Å²) in [6.45, 7) is 4.70. The summed E-state index contributed by atoms with van der Waals surface area (Å²) in [6.07, 6.45) is 10.2. The fraction of sp³-hybridized carbons (Fsp3) is 0.147. The number of benzene rings is 3. The van der Waals surface area contributed by atoms with Gasteiger partial charge in [-0.3, -0.25) is 4.57 Å². The second kappa shape index (κ2) is 8.11. The molecule has 0 spiro atoms. The summed E-state index contributed by atoms with van der Waals surface area (Å²) < 4.78 is 4.77. The van der Waals surface area contributed by atoms with Crippen molar-refractivity contribution in [1.82, 2.24) is 24.1 Å². The van der Waals surface area contributed by atoms with E-state index >= 15 is 0 Å². The molecule has 0 amide bonds. The fourth-order valence-electron chi connectivity index (χ4n) is 6.57. The van der Waals surface area contributed by atoms with E-state index in [1.807, 2.05) is 36.4 Å². The quantitative estimate of drug-likeness (QED) is 0.246. The maximum atomic E-state index is 5.12. The van der Waals surface area contributed by atoms with Crippen molar-refractivity contribution < 1.29 is 0 Å². The molecule has 6 aromatic rings. The van der Waals surface area contributed by atoms with Crippen LogP contribution in [0.15, 0.2) is 115 Å². The van der Waals surface area contributed by atoms with Crippen molar-refractivity contribution >= 4 is 21.8 Å². The predicted molar refractivity (Wildman–Crippen MR) is 157 cm³/mol. The van der Waals surface area contributed by atoms with E-state index in [9.17, 15) is 0 Å². The minimum Gasteiger partial charge on any atom is -0.341 e. The molecule has 1 aliphatic carbocycles. The van der Waals surface area contributed by atoms with Gasteiger partial charge in [0.15, 0.2) is 11.6 Å². The molecule has 0 fully saturated rings. The molecule has 0 saturated heterocycles. The molecule has 1 aliphatic heterocycles. The number of fused-ring (bicyclic) bond motifs is 7. The van der Waals surface area contributed by atoms with Crippen LogP contribution >= 0.6 is 0 Å². The lowest BCUT2D eigenvalue weighted by atomic mass is 9.78. The largest absolute Gasteiger partial charge is 0.341 e. The van der Waals surface area contributed by atoms with Crippen molar-refractivity contribution in [2.75, 3.05) is 0 Å². The molecule has 2 aliphatic rings. The lowest BCUT2D eigenvalue weighted by molar-refractivity contribution is 0.585. The zero-order valence-electron chi connectivity index (χ0n) is 21.9. The molecule has 4 heterocycles. The van der Waals surface area contributed by atoms with Gasteiger partial charge in [-0.15, -0.1) is 0 Å². The number of aromatic nitrogens is 5. The lowest BCUT2D eigenvalue weighted by Crippen LogP contribution is -2.18. The number of para-hydroxylation sites is 1. The normalized spacial score (nSPS) is 17.4. The van der Waals surface area contributed by atoms with Gasteiger partial charge >= 0.3 is 0 Å². The van der Waals surface area contributed by atoms with Gasteiger partial charge in [-0.1, -0.05) is 111 Å². The Bertz CT molecular complexity index is 1900. The molecule has 188 valence electrons. The van der Waals surface area contributed by atoms with E-state index in [1.165, 1.54) is 27.6 Å². The monoisotopic (exact) mass is 505 g/mol. The molecule has 3 aromatic heterocycles. The number of allylic oxidation sites excluding steroid dienone is 4. The summed E-state index contributed by atoms with van der Waals surface area (Å²) in [5.74, 6) is 1.97. The van der Waals surface area contributed by atoms with Crippen molar-refractivity contribution in [2.24, 2.45) is 0 Å². The Morgan fingerprint density at radius 3 is 2.08 bits per heavy atom. The third-order valence-corrected chi connectivity index (χ3v) is 8.33. The van der Waals surface area contributed by atoms with Crippen LogP contribution in [0.3, 0.4) is 0 Å². The highest BCUT2D eigenvalue weighted by atomic mass is 15.2. The highest BCUT2D eigenvalue weighted by Gasteiger charge is 2.44. The number of hydrogen-bond acceptors (Lipinski definition) is 3. The van der Waals surface area contributed by atoms with Crippen LogP contribution in [0.4, 0.5) is 0 Å². The third-order valence-electron chi connectivity index (χ3n) is 8.33. The van der Waals surface area contributed by atoms with E-state index in [0.29, 0.717) is 23.6 Å². The summed E-state index contributed by atoms with van der Waals surface area (Å²) in [4.78, 5) is 15.2. The summed E-state index contributed by atoms with van der Waals surface area (Å²) in [7, 11) is 0. The first kappa shape index (κ1) is 22.2. The van der Waals surface area contributed by atoms with E-state index in [1.54, 1.807) is 0 Å². The Hall–Kier alpha value is -4.77. The Labute approximate surface area is 226 Å². The smallest absolute Gasteiger partial charge is 0.238 e. The molecular formula is C34H27N5. The highest BCUT2D eigenvalue weighted by molar-refractivity contribution is 6.10. The van der Waals surface area contributed by atoms with Gasteiger partial charge in [0, 0.05) is 33.5 Å². The minimum atomic E-state index is -0.124. The number of rotatable bonds is 3. The van der Waals surface area contributed by atoms with E-state index in [2.05, 4.69) is 95.9 Å². The SMILES string of the molecule is CC1(C)C2=CC=CCC2n2cc3c4ccccc4n(-c4nc(-c5ccccc5)nc(-c5ccccc5)n4)c3c21. The summed E-state index contributed by atoms with van der Waals surface area (Å²) >= 11 is 0. The number of hydrogen-bond donors (Lipinski definition) is 0. The molecule has 5 heteroatoms. The van der Waals surface area contributed by atoms with Crippen LogP contribution in [0.1, 0.15) is 32.0 Å². The second-order valence-electron chi connectivity index (χ2n) is 10.9. The molecule has 1 atom stereocenters. The fourth-order valence-corrected chi connectivity index (χ4v) is 6.57. The van der Waals surface area contributed by atoms with Gasteiger partial charge in [0.2, 0.25) is 5.95 Å². The van der Waals surface area contributed by atoms with Crippen molar-refractivity contribution in [3.05, 3.63) is 121 Å². The topological polar surface area (TPSA) is 48.5 Å². The van der Waals surface area contributed by atoms with Crippen LogP contribution in [-0.4, -0.2) is 24.1 Å². The van der Waals surface area contributed by atoms with E-state index < -0.39 is 0 Å². The molecule has 1 unspecified atom stereocenters. The average Bonchev–Trinajstić information content (AvgIpc) is 3.59. The lowest BCUT2D eigenvalue weighted by Gasteiger charge is -2.24. The molecule has 39 heavy (non-hydrogen) atoms.